The molecule has 7 rings (SSSR count). The van der Waals surface area contributed by atoms with Gasteiger partial charge in [-0.05, 0) is 60.4 Å². The van der Waals surface area contributed by atoms with Crippen molar-refractivity contribution < 1.29 is 23.9 Å². The van der Waals surface area contributed by atoms with Crippen LogP contribution >= 0.6 is 0 Å². The summed E-state index contributed by atoms with van der Waals surface area (Å²) in [6, 6.07) is 15.8. The van der Waals surface area contributed by atoms with E-state index < -0.39 is 12.1 Å². The van der Waals surface area contributed by atoms with Gasteiger partial charge in [-0.25, -0.2) is 9.78 Å². The topological polar surface area (TPSA) is 171 Å². The van der Waals surface area contributed by atoms with Gasteiger partial charge in [0.2, 0.25) is 11.8 Å². The third-order valence-electron chi connectivity index (χ3n) is 11.0. The average molecular weight is 734 g/mol. The lowest BCUT2D eigenvalue weighted by Gasteiger charge is -2.29. The van der Waals surface area contributed by atoms with Crippen molar-refractivity contribution in [1.29, 1.82) is 0 Å². The molecule has 3 N–H and O–H groups in total. The van der Waals surface area contributed by atoms with E-state index in [0.717, 1.165) is 77.3 Å². The number of aromatic nitrogens is 5. The van der Waals surface area contributed by atoms with Crippen LogP contribution in [0.4, 0.5) is 4.79 Å². The molecule has 3 amide bonds. The van der Waals surface area contributed by atoms with E-state index in [-0.39, 0.29) is 42.3 Å². The van der Waals surface area contributed by atoms with Gasteiger partial charge in [0.25, 0.3) is 0 Å². The Balaban J connectivity index is 0.967. The lowest BCUT2D eigenvalue weighted by molar-refractivity contribution is -0.140. The average Bonchev–Trinajstić information content (AvgIpc) is 4.06. The van der Waals surface area contributed by atoms with E-state index in [0.29, 0.717) is 18.7 Å². The largest absolute Gasteiger partial charge is 0.453 e. The fourth-order valence-electron chi connectivity index (χ4n) is 7.69. The van der Waals surface area contributed by atoms with Gasteiger partial charge in [0.05, 0.1) is 55.0 Å². The minimum absolute atomic E-state index is 0.0647. The molecule has 282 valence electrons. The first-order valence-corrected chi connectivity index (χ1v) is 18.6. The minimum Gasteiger partial charge on any atom is -0.453 e. The number of carbonyl (C=O) groups excluding carboxylic acids is 3. The summed E-state index contributed by atoms with van der Waals surface area (Å²) in [5.74, 6) is 0.504. The first-order valence-electron chi connectivity index (χ1n) is 18.6. The number of nitrogens with zero attached hydrogens (tertiary/aromatic N) is 6. The summed E-state index contributed by atoms with van der Waals surface area (Å²) in [6.45, 7) is 5.16. The van der Waals surface area contributed by atoms with Gasteiger partial charge in [0.15, 0.2) is 0 Å². The van der Waals surface area contributed by atoms with E-state index in [9.17, 15) is 14.4 Å². The predicted molar refractivity (Wildman–Crippen MR) is 203 cm³/mol. The minimum atomic E-state index is -0.838. The molecule has 2 aromatic heterocycles. The molecule has 54 heavy (non-hydrogen) atoms. The monoisotopic (exact) mass is 733 g/mol. The Morgan fingerprint density at radius 1 is 0.870 bits per heavy atom. The van der Waals surface area contributed by atoms with Crippen molar-refractivity contribution in [3.63, 3.8) is 0 Å². The highest BCUT2D eigenvalue weighted by Gasteiger charge is 2.38. The molecule has 0 radical (unpaired) electrons. The van der Waals surface area contributed by atoms with Crippen LogP contribution in [-0.4, -0.2) is 104 Å². The molecule has 0 aliphatic carbocycles. The molecule has 2 aromatic carbocycles. The summed E-state index contributed by atoms with van der Waals surface area (Å²) in [7, 11) is 2.91. The molecule has 0 spiro atoms. The predicted octanol–water partition coefficient (Wildman–Crippen LogP) is 5.34. The van der Waals surface area contributed by atoms with Crippen LogP contribution in [0, 0.1) is 5.92 Å². The molecule has 0 saturated carbocycles. The Hall–Kier alpha value is -5.63. The molecule has 0 unspecified atom stereocenters. The fraction of sp³-hybridized carbons (Fsp3) is 0.425. The molecule has 14 nitrogen and oxygen atoms in total. The Morgan fingerprint density at radius 3 is 2.17 bits per heavy atom. The molecule has 2 saturated heterocycles. The number of alkyl carbamates (subject to hydrolysis) is 1. The zero-order chi connectivity index (χ0) is 37.8. The smallest absolute Gasteiger partial charge is 0.407 e. The highest BCUT2D eigenvalue weighted by molar-refractivity contribution is 6.04. The number of likely N-dealkylation sites (tertiary alicyclic amines) is 2. The van der Waals surface area contributed by atoms with E-state index >= 15 is 0 Å². The Kier molecular flexibility index (Phi) is 11.0. The molecule has 3 aliphatic heterocycles. The zero-order valence-electron chi connectivity index (χ0n) is 31.1. The molecule has 5 heterocycles. The quantitative estimate of drug-likeness (QED) is 0.175. The lowest BCUT2D eigenvalue weighted by Crippen LogP contribution is -2.52. The normalized spacial score (nSPS) is 20.0. The van der Waals surface area contributed by atoms with Gasteiger partial charge >= 0.3 is 6.09 Å². The third kappa shape index (κ3) is 7.70. The maximum absolute atomic E-state index is 13.8. The molecule has 4 aromatic rings. The van der Waals surface area contributed by atoms with Crippen molar-refractivity contribution in [3.8, 4) is 22.4 Å². The molecule has 14 heteroatoms. The summed E-state index contributed by atoms with van der Waals surface area (Å²) >= 11 is 0. The number of nitrogens with one attached hydrogen (secondary N) is 3. The van der Waals surface area contributed by atoms with Crippen molar-refractivity contribution in [2.75, 3.05) is 27.3 Å². The number of methoxy groups -OCH3 is 2. The van der Waals surface area contributed by atoms with Crippen LogP contribution in [0.3, 0.4) is 0 Å². The molecular weight excluding hydrogens is 686 g/mol. The number of rotatable bonds is 12. The second-order valence-corrected chi connectivity index (χ2v) is 14.3. The van der Waals surface area contributed by atoms with Crippen LogP contribution in [0.15, 0.2) is 72.1 Å². The Labute approximate surface area is 314 Å². The summed E-state index contributed by atoms with van der Waals surface area (Å²) < 4.78 is 10.2. The van der Waals surface area contributed by atoms with Gasteiger partial charge in [0, 0.05) is 45.0 Å². The molecule has 3 aliphatic rings. The second-order valence-electron chi connectivity index (χ2n) is 14.3. The number of amides is 3. The number of carbonyl (C=O) groups is 3. The van der Waals surface area contributed by atoms with E-state index in [1.165, 1.54) is 13.3 Å². The van der Waals surface area contributed by atoms with Gasteiger partial charge < -0.3 is 29.6 Å². The summed E-state index contributed by atoms with van der Waals surface area (Å²) in [6.07, 6.45) is 8.79. The molecular formula is C40H47N9O5. The van der Waals surface area contributed by atoms with Crippen molar-refractivity contribution >= 4 is 29.2 Å². The fourth-order valence-corrected chi connectivity index (χ4v) is 7.69. The maximum atomic E-state index is 13.8. The van der Waals surface area contributed by atoms with Crippen LogP contribution in [0.2, 0.25) is 0 Å². The number of aromatic amines is 2. The highest BCUT2D eigenvalue weighted by atomic mass is 16.5. The number of H-pyrrole nitrogens is 2. The summed E-state index contributed by atoms with van der Waals surface area (Å²) in [4.78, 5) is 55.8. The van der Waals surface area contributed by atoms with Gasteiger partial charge in [-0.3, -0.25) is 14.6 Å². The van der Waals surface area contributed by atoms with E-state index in [1.54, 1.807) is 7.11 Å². The van der Waals surface area contributed by atoms with Gasteiger partial charge in [-0.2, -0.15) is 15.4 Å². The molecule has 2 fully saturated rings. The van der Waals surface area contributed by atoms with Gasteiger partial charge in [0.1, 0.15) is 11.9 Å². The number of ether oxygens (including phenoxy) is 2. The van der Waals surface area contributed by atoms with Crippen LogP contribution < -0.4 is 5.32 Å². The second kappa shape index (κ2) is 16.2. The van der Waals surface area contributed by atoms with E-state index in [4.69, 9.17) is 19.5 Å². The van der Waals surface area contributed by atoms with Crippen LogP contribution in [0.1, 0.15) is 69.1 Å². The van der Waals surface area contributed by atoms with Crippen LogP contribution in [-0.2, 0) is 25.5 Å². The number of aliphatic imine (C=N–C) groups is 1. The summed E-state index contributed by atoms with van der Waals surface area (Å²) in [5.41, 5.74) is 7.82. The van der Waals surface area contributed by atoms with Crippen molar-refractivity contribution in [2.24, 2.45) is 10.9 Å². The number of benzene rings is 2. The summed E-state index contributed by atoms with van der Waals surface area (Å²) in [5, 5.41) is 13.1. The molecule has 5 atom stereocenters. The van der Waals surface area contributed by atoms with Crippen LogP contribution in [0.25, 0.3) is 28.0 Å². The van der Waals surface area contributed by atoms with Crippen molar-refractivity contribution in [2.45, 2.75) is 76.6 Å². The number of allylic oxidation sites excluding steroid dienone is 1. The Morgan fingerprint density at radius 2 is 1.52 bits per heavy atom. The first kappa shape index (κ1) is 36.7. The van der Waals surface area contributed by atoms with E-state index in [1.807, 2.05) is 36.0 Å². The number of hydrogen-bond donors (Lipinski definition) is 3. The van der Waals surface area contributed by atoms with Crippen molar-refractivity contribution in [1.82, 2.24) is 40.5 Å². The molecule has 0 bridgehead atoms. The third-order valence-corrected chi connectivity index (χ3v) is 11.0. The number of hydrogen-bond acceptors (Lipinski definition) is 9. The number of imidazole rings is 1. The lowest BCUT2D eigenvalue weighted by atomic mass is 9.96. The van der Waals surface area contributed by atoms with E-state index in [2.05, 4.69) is 74.2 Å². The maximum Gasteiger partial charge on any atom is 0.407 e. The van der Waals surface area contributed by atoms with Gasteiger partial charge in [-0.15, -0.1) is 0 Å². The van der Waals surface area contributed by atoms with Gasteiger partial charge in [-0.1, -0.05) is 55.5 Å². The van der Waals surface area contributed by atoms with Crippen LogP contribution in [0.5, 0.6) is 0 Å². The SMILES string of the molecule is COC(=O)N[C@@H](Cc1cn[nH]n1)C(=O)N1CCC[C@H]1C1=NC=C(c2ccc(-c3ccc(-c4cnc([C@@H]5CCCN5C(=O)[C@@H](C)[C@@H](C)OC)[nH]4)cc3)cc2)C1. The zero-order valence-corrected chi connectivity index (χ0v) is 31.1. The standard InChI is InChI=1S/C40H47N9O5/c1-24(25(2)53-3)38(50)49-18-6-8-36(49)37-42-23-34(44-37)29-15-13-27(14-16-29)26-9-11-28(12-10-26)30-19-32(41-21-30)35-7-5-17-48(35)39(51)33(45-40(52)54-4)20-31-22-43-47-46-31/h9-16,21-25,33,35-36H,5-8,17-20H2,1-4H3,(H,42,44)(H,45,52)(H,43,46,47)/t24-,25+,33-,35-,36-/m0/s1. The Bertz CT molecular complexity index is 2010. The first-order chi connectivity index (χ1) is 26.2. The van der Waals surface area contributed by atoms with Crippen molar-refractivity contribution in [3.05, 3.63) is 84.2 Å². The highest BCUT2D eigenvalue weighted by Crippen LogP contribution is 2.35.